The van der Waals surface area contributed by atoms with Crippen LogP contribution in [0.2, 0.25) is 0 Å². The van der Waals surface area contributed by atoms with Crippen LogP contribution in [0.25, 0.3) is 0 Å². The third kappa shape index (κ3) is 3.12. The highest BCUT2D eigenvalue weighted by molar-refractivity contribution is 5.91. The van der Waals surface area contributed by atoms with E-state index in [1.165, 1.54) is 48.5 Å². The van der Waals surface area contributed by atoms with E-state index in [1.54, 1.807) is 0 Å². The molecular weight excluding hydrogens is 286 g/mol. The molecule has 0 amide bonds. The lowest BCUT2D eigenvalue weighted by molar-refractivity contribution is -0.386. The average Bonchev–Trinajstić information content (AvgIpc) is 2.49. The van der Waals surface area contributed by atoms with Gasteiger partial charge in [-0.1, -0.05) is 24.3 Å². The van der Waals surface area contributed by atoms with Crippen LogP contribution in [0.1, 0.15) is 11.1 Å². The Balaban J connectivity index is 2.31. The topological polar surface area (TPSA) is 101 Å². The first-order valence-corrected chi connectivity index (χ1v) is 6.45. The van der Waals surface area contributed by atoms with Gasteiger partial charge in [0.25, 0.3) is 5.69 Å². The Morgan fingerprint density at radius 1 is 1.18 bits per heavy atom. The van der Waals surface area contributed by atoms with Gasteiger partial charge in [0.1, 0.15) is 5.75 Å². The van der Waals surface area contributed by atoms with Crippen LogP contribution in [-0.2, 0) is 16.8 Å². The van der Waals surface area contributed by atoms with Crippen molar-refractivity contribution in [2.75, 3.05) is 0 Å². The maximum absolute atomic E-state index is 12.3. The van der Waals surface area contributed by atoms with E-state index >= 15 is 0 Å². The third-order valence-electron chi connectivity index (χ3n) is 3.31. The number of rotatable bonds is 5. The van der Waals surface area contributed by atoms with Crippen LogP contribution in [0, 0.1) is 17.0 Å². The van der Waals surface area contributed by atoms with Gasteiger partial charge in [-0.15, -0.1) is 0 Å². The fourth-order valence-corrected chi connectivity index (χ4v) is 2.08. The summed E-state index contributed by atoms with van der Waals surface area (Å²) in [6.07, 6.45) is -0.160. The number of para-hydroxylation sites is 1. The summed E-state index contributed by atoms with van der Waals surface area (Å²) < 4.78 is 0. The van der Waals surface area contributed by atoms with Gasteiger partial charge in [0, 0.05) is 12.5 Å². The summed E-state index contributed by atoms with van der Waals surface area (Å²) in [4.78, 5) is 22.6. The van der Waals surface area contributed by atoms with Gasteiger partial charge in [-0.05, 0) is 30.7 Å². The number of aliphatic hydroxyl groups is 1. The van der Waals surface area contributed by atoms with Gasteiger partial charge in [-0.2, -0.15) is 0 Å². The Labute approximate surface area is 126 Å². The van der Waals surface area contributed by atoms with Gasteiger partial charge >= 0.3 is 0 Å². The molecular formula is C16H14NO5. The number of nitro groups is 1. The number of benzene rings is 2. The molecule has 0 fully saturated rings. The van der Waals surface area contributed by atoms with Gasteiger partial charge in [-0.25, -0.2) is 0 Å². The quantitative estimate of drug-likeness (QED) is 0.650. The maximum atomic E-state index is 12.3. The lowest BCUT2D eigenvalue weighted by atomic mass is 9.87. The van der Waals surface area contributed by atoms with Crippen molar-refractivity contribution < 1.29 is 19.9 Å². The van der Waals surface area contributed by atoms with Crippen LogP contribution < -0.4 is 0 Å². The molecule has 22 heavy (non-hydrogen) atoms. The number of nitro benzene ring substituents is 1. The van der Waals surface area contributed by atoms with Crippen LogP contribution in [0.3, 0.4) is 0 Å². The highest BCUT2D eigenvalue weighted by Crippen LogP contribution is 2.31. The van der Waals surface area contributed by atoms with Crippen molar-refractivity contribution >= 4 is 11.5 Å². The van der Waals surface area contributed by atoms with Crippen molar-refractivity contribution in [3.05, 3.63) is 76.7 Å². The summed E-state index contributed by atoms with van der Waals surface area (Å²) in [5.41, 5.74) is -2.17. The van der Waals surface area contributed by atoms with Crippen molar-refractivity contribution in [1.29, 1.82) is 0 Å². The van der Waals surface area contributed by atoms with Gasteiger partial charge in [0.2, 0.25) is 0 Å². The van der Waals surface area contributed by atoms with E-state index in [-0.39, 0.29) is 23.4 Å². The molecule has 1 unspecified atom stereocenters. The third-order valence-corrected chi connectivity index (χ3v) is 3.31. The van der Waals surface area contributed by atoms with E-state index in [4.69, 9.17) is 0 Å². The van der Waals surface area contributed by atoms with E-state index in [0.29, 0.717) is 5.56 Å². The molecule has 2 N–H and O–H groups in total. The van der Waals surface area contributed by atoms with E-state index < -0.39 is 16.3 Å². The lowest BCUT2D eigenvalue weighted by Crippen LogP contribution is -2.34. The number of nitrogens with zero attached hydrogens (tertiary/aromatic N) is 1. The Morgan fingerprint density at radius 3 is 2.36 bits per heavy atom. The molecule has 0 spiro atoms. The Bertz CT molecular complexity index is 707. The van der Waals surface area contributed by atoms with Crippen LogP contribution >= 0.6 is 0 Å². The summed E-state index contributed by atoms with van der Waals surface area (Å²) in [7, 11) is 0. The number of hydrogen-bond donors (Lipinski definition) is 2. The van der Waals surface area contributed by atoms with Crippen LogP contribution in [0.4, 0.5) is 5.69 Å². The fraction of sp³-hybridized carbons (Fsp3) is 0.125. The molecule has 0 heterocycles. The lowest BCUT2D eigenvalue weighted by Gasteiger charge is -2.22. The van der Waals surface area contributed by atoms with E-state index in [9.17, 15) is 25.1 Å². The number of aromatic hydroxyl groups is 1. The summed E-state index contributed by atoms with van der Waals surface area (Å²) in [5.74, 6) is -0.618. The second-order valence-electron chi connectivity index (χ2n) is 4.90. The number of Topliss-reactive ketones (excluding diaryl/α,β-unsaturated/α-hetero) is 1. The smallest absolute Gasteiger partial charge is 0.275 e. The first-order chi connectivity index (χ1) is 10.3. The average molecular weight is 300 g/mol. The van der Waals surface area contributed by atoms with Crippen molar-refractivity contribution in [1.82, 2.24) is 0 Å². The zero-order valence-electron chi connectivity index (χ0n) is 11.6. The van der Waals surface area contributed by atoms with Crippen molar-refractivity contribution in [3.63, 3.8) is 0 Å². The number of hydrogen-bond acceptors (Lipinski definition) is 5. The molecule has 0 aliphatic heterocycles. The largest absolute Gasteiger partial charge is 0.508 e. The molecule has 0 saturated heterocycles. The molecule has 6 heteroatoms. The minimum Gasteiger partial charge on any atom is -0.508 e. The van der Waals surface area contributed by atoms with E-state index in [0.717, 1.165) is 0 Å². The fourth-order valence-electron chi connectivity index (χ4n) is 2.08. The molecule has 0 bridgehead atoms. The van der Waals surface area contributed by atoms with Crippen molar-refractivity contribution in [2.24, 2.45) is 0 Å². The van der Waals surface area contributed by atoms with E-state index in [2.05, 4.69) is 6.92 Å². The zero-order chi connectivity index (χ0) is 16.3. The van der Waals surface area contributed by atoms with Gasteiger partial charge in [0.05, 0.1) is 10.5 Å². The molecule has 113 valence electrons. The molecule has 0 aromatic heterocycles. The van der Waals surface area contributed by atoms with Crippen LogP contribution in [-0.4, -0.2) is 20.9 Å². The Morgan fingerprint density at radius 2 is 1.77 bits per heavy atom. The number of ketones is 1. The van der Waals surface area contributed by atoms with E-state index in [1.807, 2.05) is 0 Å². The molecule has 2 aromatic rings. The molecule has 2 aromatic carbocycles. The second kappa shape index (κ2) is 5.95. The number of phenols is 1. The number of carbonyl (C=O) groups excluding carboxylic acids is 1. The first-order valence-electron chi connectivity index (χ1n) is 6.45. The highest BCUT2D eigenvalue weighted by atomic mass is 16.6. The molecule has 0 saturated carbocycles. The minimum absolute atomic E-state index is 0.0554. The van der Waals surface area contributed by atoms with Crippen LogP contribution in [0.5, 0.6) is 5.75 Å². The van der Waals surface area contributed by atoms with Crippen molar-refractivity contribution in [3.8, 4) is 5.75 Å². The van der Waals surface area contributed by atoms with Gasteiger partial charge in [0.15, 0.2) is 11.4 Å². The molecule has 6 nitrogen and oxygen atoms in total. The molecule has 2 rings (SSSR count). The normalized spacial score (nSPS) is 13.4. The molecule has 1 atom stereocenters. The molecule has 0 aliphatic rings. The SMILES string of the molecule is [CH2]C(O)(C(=O)Cc1ccc(O)cc1)c1ccccc1[N+](=O)[O-]. The highest BCUT2D eigenvalue weighted by Gasteiger charge is 2.37. The monoisotopic (exact) mass is 300 g/mol. The van der Waals surface area contributed by atoms with Crippen molar-refractivity contribution in [2.45, 2.75) is 12.0 Å². The zero-order valence-corrected chi connectivity index (χ0v) is 11.6. The standard InChI is InChI=1S/C16H14NO5/c1-16(20,13-4-2-3-5-14(13)17(21)22)15(19)10-11-6-8-12(18)9-7-11/h2-9,18,20H,1,10H2. The molecule has 1 radical (unpaired) electrons. The van der Waals surface area contributed by atoms with Crippen LogP contribution in [0.15, 0.2) is 48.5 Å². The van der Waals surface area contributed by atoms with Gasteiger partial charge in [-0.3, -0.25) is 14.9 Å². The summed E-state index contributed by atoms with van der Waals surface area (Å²) in [6.45, 7) is 3.45. The Hall–Kier alpha value is -2.73. The molecule has 0 aliphatic carbocycles. The minimum atomic E-state index is -2.22. The summed E-state index contributed by atoms with van der Waals surface area (Å²) >= 11 is 0. The summed E-state index contributed by atoms with van der Waals surface area (Å²) in [5, 5.41) is 30.6. The second-order valence-corrected chi connectivity index (χ2v) is 4.90. The van der Waals surface area contributed by atoms with Gasteiger partial charge < -0.3 is 10.2 Å². The Kier molecular flexibility index (Phi) is 4.23. The first kappa shape index (κ1) is 15.7. The number of carbonyl (C=O) groups is 1. The number of phenolic OH excluding ortho intramolecular Hbond substituents is 1. The maximum Gasteiger partial charge on any atom is 0.275 e. The summed E-state index contributed by atoms with van der Waals surface area (Å²) in [6, 6.07) is 11.3. The predicted octanol–water partition coefficient (Wildman–Crippen LogP) is 2.13. The predicted molar refractivity (Wildman–Crippen MR) is 79.2 cm³/mol.